The van der Waals surface area contributed by atoms with Crippen LogP contribution in [0.3, 0.4) is 0 Å². The minimum Gasteiger partial charge on any atom is -0.497 e. The number of aliphatic imine (C=N–C) groups is 1. The zero-order valence-electron chi connectivity index (χ0n) is 17.9. The van der Waals surface area contributed by atoms with Crippen molar-refractivity contribution < 1.29 is 18.9 Å². The molecule has 0 aliphatic carbocycles. The molecule has 2 N–H and O–H groups in total. The molecule has 2 aromatic carbocycles. The van der Waals surface area contributed by atoms with Crippen molar-refractivity contribution in [1.29, 1.82) is 0 Å². The second-order valence-corrected chi connectivity index (χ2v) is 6.24. The van der Waals surface area contributed by atoms with E-state index in [4.69, 9.17) is 18.9 Å². The molecule has 0 fully saturated rings. The number of rotatable bonds is 10. The van der Waals surface area contributed by atoms with Gasteiger partial charge in [-0.2, -0.15) is 0 Å². The minimum atomic E-state index is 0.446. The van der Waals surface area contributed by atoms with Crippen molar-refractivity contribution in [1.82, 2.24) is 10.6 Å². The Labute approximate surface area is 173 Å². The number of benzene rings is 2. The molecule has 0 atom stereocenters. The van der Waals surface area contributed by atoms with Crippen LogP contribution in [0.5, 0.6) is 23.0 Å². The van der Waals surface area contributed by atoms with Crippen molar-refractivity contribution in [2.75, 3.05) is 41.5 Å². The monoisotopic (exact) mass is 401 g/mol. The number of ether oxygens (including phenoxy) is 4. The first kappa shape index (κ1) is 22.2. The normalized spacial score (nSPS) is 11.0. The van der Waals surface area contributed by atoms with Gasteiger partial charge in [0.15, 0.2) is 17.5 Å². The lowest BCUT2D eigenvalue weighted by Crippen LogP contribution is -2.38. The van der Waals surface area contributed by atoms with Crippen LogP contribution in [0, 0.1) is 0 Å². The Balaban J connectivity index is 2.04. The smallest absolute Gasteiger partial charge is 0.191 e. The van der Waals surface area contributed by atoms with Crippen LogP contribution in [0.25, 0.3) is 0 Å². The summed E-state index contributed by atoms with van der Waals surface area (Å²) in [6.07, 6.45) is 0.883. The van der Waals surface area contributed by atoms with Crippen molar-refractivity contribution in [3.05, 3.63) is 47.5 Å². The van der Waals surface area contributed by atoms with Gasteiger partial charge >= 0.3 is 0 Å². The van der Waals surface area contributed by atoms with Crippen LogP contribution in [-0.4, -0.2) is 47.5 Å². The molecule has 0 heterocycles. The van der Waals surface area contributed by atoms with Crippen LogP contribution >= 0.6 is 0 Å². The fourth-order valence-corrected chi connectivity index (χ4v) is 2.84. The summed E-state index contributed by atoms with van der Waals surface area (Å²) in [7, 11) is 6.52. The average molecular weight is 402 g/mol. The molecule has 0 bridgehead atoms. The van der Waals surface area contributed by atoms with Gasteiger partial charge in [-0.15, -0.1) is 0 Å². The van der Waals surface area contributed by atoms with Gasteiger partial charge in [0.2, 0.25) is 0 Å². The fraction of sp³-hybridized carbons (Fsp3) is 0.409. The molecule has 0 unspecified atom stereocenters. The summed E-state index contributed by atoms with van der Waals surface area (Å²) in [5, 5.41) is 6.64. The Hall–Kier alpha value is -3.09. The predicted molar refractivity (Wildman–Crippen MR) is 116 cm³/mol. The average Bonchev–Trinajstić information content (AvgIpc) is 2.77. The van der Waals surface area contributed by atoms with Gasteiger partial charge in [-0.1, -0.05) is 12.1 Å². The molecule has 2 rings (SSSR count). The molecule has 0 aliphatic heterocycles. The summed E-state index contributed by atoms with van der Waals surface area (Å²) < 4.78 is 21.4. The van der Waals surface area contributed by atoms with Gasteiger partial charge in [-0.25, -0.2) is 4.99 Å². The number of nitrogens with one attached hydrogen (secondary N) is 2. The topological polar surface area (TPSA) is 73.3 Å². The Kier molecular flexibility index (Phi) is 8.95. The van der Waals surface area contributed by atoms with Crippen LogP contribution in [-0.2, 0) is 13.0 Å². The summed E-state index contributed by atoms with van der Waals surface area (Å²) in [4.78, 5) is 4.68. The Morgan fingerprint density at radius 3 is 2.07 bits per heavy atom. The first-order chi connectivity index (χ1) is 14.1. The summed E-state index contributed by atoms with van der Waals surface area (Å²) in [5.41, 5.74) is 2.15. The summed E-state index contributed by atoms with van der Waals surface area (Å²) in [6, 6.07) is 11.8. The molecule has 7 nitrogen and oxygen atoms in total. The highest BCUT2D eigenvalue weighted by molar-refractivity contribution is 5.79. The van der Waals surface area contributed by atoms with E-state index in [1.54, 1.807) is 28.4 Å². The lowest BCUT2D eigenvalue weighted by Gasteiger charge is -2.14. The zero-order chi connectivity index (χ0) is 21.1. The lowest BCUT2D eigenvalue weighted by atomic mass is 10.1. The fourth-order valence-electron chi connectivity index (χ4n) is 2.84. The third kappa shape index (κ3) is 6.48. The minimum absolute atomic E-state index is 0.446. The van der Waals surface area contributed by atoms with E-state index in [1.807, 2.05) is 31.2 Å². The van der Waals surface area contributed by atoms with Crippen molar-refractivity contribution in [3.8, 4) is 23.0 Å². The molecule has 7 heteroatoms. The molecule has 0 aromatic heterocycles. The first-order valence-corrected chi connectivity index (χ1v) is 9.59. The molecule has 0 aliphatic rings. The van der Waals surface area contributed by atoms with Gasteiger partial charge in [0, 0.05) is 24.7 Å². The second-order valence-electron chi connectivity index (χ2n) is 6.24. The maximum absolute atomic E-state index is 5.48. The molecule has 0 saturated heterocycles. The number of hydrogen-bond donors (Lipinski definition) is 2. The molecule has 0 radical (unpaired) electrons. The van der Waals surface area contributed by atoms with Gasteiger partial charge in [0.05, 0.1) is 35.0 Å². The standard InChI is InChI=1S/C22H31N3O4/c1-6-23-22(24-12-11-16-7-9-18(26-2)10-8-16)25-15-17-13-20(28-4)21(29-5)14-19(17)27-3/h7-10,13-14H,6,11-12,15H2,1-5H3,(H2,23,24,25). The van der Waals surface area contributed by atoms with Crippen molar-refractivity contribution >= 4 is 5.96 Å². The van der Waals surface area contributed by atoms with E-state index in [9.17, 15) is 0 Å². The van der Waals surface area contributed by atoms with Crippen LogP contribution < -0.4 is 29.6 Å². The van der Waals surface area contributed by atoms with Gasteiger partial charge < -0.3 is 29.6 Å². The number of nitrogens with zero attached hydrogens (tertiary/aromatic N) is 1. The second kappa shape index (κ2) is 11.7. The number of hydrogen-bond acceptors (Lipinski definition) is 5. The van der Waals surface area contributed by atoms with E-state index in [0.717, 1.165) is 36.8 Å². The quantitative estimate of drug-likeness (QED) is 0.471. The Morgan fingerprint density at radius 1 is 0.828 bits per heavy atom. The maximum Gasteiger partial charge on any atom is 0.191 e. The van der Waals surface area contributed by atoms with Crippen molar-refractivity contribution in [2.45, 2.75) is 19.9 Å². The third-order valence-corrected chi connectivity index (χ3v) is 4.40. The molecule has 0 amide bonds. The highest BCUT2D eigenvalue weighted by Gasteiger charge is 2.11. The molecular weight excluding hydrogens is 370 g/mol. The predicted octanol–water partition coefficient (Wildman–Crippen LogP) is 3.02. The zero-order valence-corrected chi connectivity index (χ0v) is 17.9. The van der Waals surface area contributed by atoms with E-state index in [2.05, 4.69) is 27.8 Å². The number of guanidine groups is 1. The molecule has 0 saturated carbocycles. The van der Waals surface area contributed by atoms with E-state index in [-0.39, 0.29) is 0 Å². The Morgan fingerprint density at radius 2 is 1.48 bits per heavy atom. The summed E-state index contributed by atoms with van der Waals surface area (Å²) in [6.45, 7) is 4.03. The summed E-state index contributed by atoms with van der Waals surface area (Å²) >= 11 is 0. The Bertz CT molecular complexity index is 791. The van der Waals surface area contributed by atoms with Crippen LogP contribution in [0.1, 0.15) is 18.1 Å². The highest BCUT2D eigenvalue weighted by Crippen LogP contribution is 2.34. The lowest BCUT2D eigenvalue weighted by molar-refractivity contribution is 0.347. The van der Waals surface area contributed by atoms with Gasteiger partial charge in [0.1, 0.15) is 11.5 Å². The van der Waals surface area contributed by atoms with Gasteiger partial charge in [0.25, 0.3) is 0 Å². The largest absolute Gasteiger partial charge is 0.497 e. The van der Waals surface area contributed by atoms with Crippen LogP contribution in [0.4, 0.5) is 0 Å². The van der Waals surface area contributed by atoms with E-state index >= 15 is 0 Å². The summed E-state index contributed by atoms with van der Waals surface area (Å²) in [5.74, 6) is 3.59. The van der Waals surface area contributed by atoms with Crippen molar-refractivity contribution in [3.63, 3.8) is 0 Å². The van der Waals surface area contributed by atoms with E-state index in [0.29, 0.717) is 23.8 Å². The SMILES string of the molecule is CCNC(=NCc1cc(OC)c(OC)cc1OC)NCCc1ccc(OC)cc1. The molecule has 29 heavy (non-hydrogen) atoms. The molecule has 158 valence electrons. The highest BCUT2D eigenvalue weighted by atomic mass is 16.5. The number of methoxy groups -OCH3 is 4. The maximum atomic E-state index is 5.48. The molecule has 2 aromatic rings. The van der Waals surface area contributed by atoms with Gasteiger partial charge in [-0.3, -0.25) is 0 Å². The molecular formula is C22H31N3O4. The van der Waals surface area contributed by atoms with Crippen LogP contribution in [0.15, 0.2) is 41.4 Å². The molecule has 0 spiro atoms. The first-order valence-electron chi connectivity index (χ1n) is 9.59. The van der Waals surface area contributed by atoms with E-state index < -0.39 is 0 Å². The van der Waals surface area contributed by atoms with Gasteiger partial charge in [-0.05, 0) is 37.1 Å². The van der Waals surface area contributed by atoms with Crippen LogP contribution in [0.2, 0.25) is 0 Å². The van der Waals surface area contributed by atoms with Crippen molar-refractivity contribution in [2.24, 2.45) is 4.99 Å². The third-order valence-electron chi connectivity index (χ3n) is 4.40. The van der Waals surface area contributed by atoms with E-state index in [1.165, 1.54) is 5.56 Å².